The Kier molecular flexibility index (Phi) is 7.38. The largest absolute Gasteiger partial charge is 0.509 e. The number of carbonyl (C=O) groups excluding carboxylic acids is 2. The van der Waals surface area contributed by atoms with Gasteiger partial charge >= 0.3 is 18.0 Å². The summed E-state index contributed by atoms with van der Waals surface area (Å²) in [6.07, 6.45) is -7.53. The summed E-state index contributed by atoms with van der Waals surface area (Å²) in [6.45, 7) is 10.6. The second kappa shape index (κ2) is 9.31. The molecular weight excluding hydrogens is 431 g/mol. The van der Waals surface area contributed by atoms with Crippen molar-refractivity contribution in [3.63, 3.8) is 0 Å². The molecule has 0 spiro atoms. The van der Waals surface area contributed by atoms with E-state index in [-0.39, 0.29) is 5.56 Å². The van der Waals surface area contributed by atoms with Crippen molar-refractivity contribution >= 4 is 12.3 Å². The van der Waals surface area contributed by atoms with E-state index in [4.69, 9.17) is 23.7 Å². The Morgan fingerprint density at radius 1 is 1.09 bits per heavy atom. The maximum absolute atomic E-state index is 15.3. The number of nitrogens with one attached hydrogen (secondary N) is 1. The van der Waals surface area contributed by atoms with Gasteiger partial charge in [-0.05, 0) is 48.5 Å². The fraction of sp³-hybridized carbons (Fsp3) is 0.700. The van der Waals surface area contributed by atoms with Gasteiger partial charge in [-0.2, -0.15) is 0 Å². The van der Waals surface area contributed by atoms with E-state index in [1.54, 1.807) is 41.5 Å². The number of nitrogens with zero attached hydrogens (tertiary/aromatic N) is 1. The van der Waals surface area contributed by atoms with Crippen LogP contribution in [0.5, 0.6) is 0 Å². The van der Waals surface area contributed by atoms with Crippen LogP contribution in [0.25, 0.3) is 0 Å². The van der Waals surface area contributed by atoms with Crippen LogP contribution in [0.15, 0.2) is 15.8 Å². The van der Waals surface area contributed by atoms with Crippen LogP contribution in [0, 0.1) is 6.92 Å². The number of aromatic amines is 1. The lowest BCUT2D eigenvalue weighted by molar-refractivity contribution is -0.0823. The number of rotatable bonds is 4. The van der Waals surface area contributed by atoms with E-state index in [0.717, 1.165) is 10.8 Å². The Balaban J connectivity index is 2.26. The van der Waals surface area contributed by atoms with Crippen LogP contribution < -0.4 is 11.2 Å². The third-order valence-electron chi connectivity index (χ3n) is 4.06. The number of carbonyl (C=O) groups is 2. The highest BCUT2D eigenvalue weighted by Gasteiger charge is 2.50. The average molecular weight is 460 g/mol. The second-order valence-corrected chi connectivity index (χ2v) is 9.31. The molecule has 1 saturated heterocycles. The van der Waals surface area contributed by atoms with Gasteiger partial charge in [-0.25, -0.2) is 18.8 Å². The Bertz CT molecular complexity index is 958. The van der Waals surface area contributed by atoms with Gasteiger partial charge in [0.25, 0.3) is 5.56 Å². The molecule has 1 unspecified atom stereocenters. The number of hydrogen-bond donors (Lipinski definition) is 1. The van der Waals surface area contributed by atoms with Crippen LogP contribution in [0.2, 0.25) is 0 Å². The topological polar surface area (TPSA) is 135 Å². The van der Waals surface area contributed by atoms with Gasteiger partial charge in [0.05, 0.1) is 0 Å². The van der Waals surface area contributed by atoms with E-state index in [9.17, 15) is 19.2 Å². The molecule has 180 valence electrons. The molecular formula is C20H29FN2O9. The van der Waals surface area contributed by atoms with Gasteiger partial charge < -0.3 is 23.7 Å². The van der Waals surface area contributed by atoms with E-state index in [2.05, 4.69) is 0 Å². The average Bonchev–Trinajstić information content (AvgIpc) is 2.89. The molecule has 1 fully saturated rings. The van der Waals surface area contributed by atoms with Gasteiger partial charge in [0, 0.05) is 11.8 Å². The fourth-order valence-corrected chi connectivity index (χ4v) is 2.78. The third-order valence-corrected chi connectivity index (χ3v) is 4.06. The number of hydrogen-bond acceptors (Lipinski definition) is 9. The molecule has 0 radical (unpaired) electrons. The van der Waals surface area contributed by atoms with Crippen LogP contribution in [0.3, 0.4) is 0 Å². The third kappa shape index (κ3) is 6.81. The summed E-state index contributed by atoms with van der Waals surface area (Å²) in [5.41, 5.74) is -3.15. The standard InChI is InChI=1S/C20H29FN2O9/c1-10-8-23(16(25)22-14(10)24)15-12(21)13(30-18(27)32-20(5,6)7)11(29-15)9-28-17(26)31-19(2,3)4/h8,11-13,15H,9H2,1-7H3,(H,22,24,25)/t11-,12?,13+,15-/m1/s1. The minimum absolute atomic E-state index is 0.137. The molecule has 2 heterocycles. The molecule has 2 rings (SSSR count). The van der Waals surface area contributed by atoms with Crippen molar-refractivity contribution < 1.29 is 37.7 Å². The van der Waals surface area contributed by atoms with E-state index in [0.29, 0.717) is 0 Å². The quantitative estimate of drug-likeness (QED) is 0.672. The number of aryl methyl sites for hydroxylation is 1. The first kappa shape index (κ1) is 25.4. The molecule has 1 aliphatic heterocycles. The highest BCUT2D eigenvalue weighted by molar-refractivity contribution is 5.61. The molecule has 1 aromatic heterocycles. The lowest BCUT2D eigenvalue weighted by Gasteiger charge is -2.24. The Hall–Kier alpha value is -2.89. The fourth-order valence-electron chi connectivity index (χ4n) is 2.78. The van der Waals surface area contributed by atoms with E-state index < -0.39 is 66.0 Å². The summed E-state index contributed by atoms with van der Waals surface area (Å²) in [7, 11) is 0. The molecule has 0 aliphatic carbocycles. The first-order valence-electron chi connectivity index (χ1n) is 9.94. The minimum Gasteiger partial charge on any atom is -0.431 e. The van der Waals surface area contributed by atoms with Crippen LogP contribution in [-0.4, -0.2) is 58.1 Å². The Labute approximate surface area is 183 Å². The maximum atomic E-state index is 15.3. The minimum atomic E-state index is -2.04. The van der Waals surface area contributed by atoms with E-state index in [1.165, 1.54) is 6.92 Å². The first-order chi connectivity index (χ1) is 14.6. The van der Waals surface area contributed by atoms with E-state index >= 15 is 4.39 Å². The second-order valence-electron chi connectivity index (χ2n) is 9.31. The van der Waals surface area contributed by atoms with Gasteiger partial charge in [0.15, 0.2) is 18.5 Å². The maximum Gasteiger partial charge on any atom is 0.509 e. The smallest absolute Gasteiger partial charge is 0.431 e. The molecule has 0 amide bonds. The summed E-state index contributed by atoms with van der Waals surface area (Å²) in [5.74, 6) is 0. The zero-order valence-electron chi connectivity index (χ0n) is 19.1. The predicted molar refractivity (Wildman–Crippen MR) is 108 cm³/mol. The van der Waals surface area contributed by atoms with Crippen LogP contribution in [0.1, 0.15) is 53.3 Å². The summed E-state index contributed by atoms with van der Waals surface area (Å²) >= 11 is 0. The SMILES string of the molecule is Cc1cn([C@@H]2O[C@H](COC(=O)OC(C)(C)C)[C@H](OC(=O)OC(C)(C)C)C2F)c(=O)[nH]c1=O. The summed E-state index contributed by atoms with van der Waals surface area (Å²) in [4.78, 5) is 49.9. The van der Waals surface area contributed by atoms with Crippen molar-refractivity contribution in [2.75, 3.05) is 6.61 Å². The number of alkyl halides is 1. The van der Waals surface area contributed by atoms with Crippen molar-refractivity contribution in [2.45, 2.75) is 84.3 Å². The number of aromatic nitrogens is 2. The highest BCUT2D eigenvalue weighted by Crippen LogP contribution is 2.34. The van der Waals surface area contributed by atoms with Crippen molar-refractivity contribution in [3.05, 3.63) is 32.6 Å². The Morgan fingerprint density at radius 3 is 2.22 bits per heavy atom. The lowest BCUT2D eigenvalue weighted by atomic mass is 10.1. The molecule has 4 atom stereocenters. The number of ether oxygens (including phenoxy) is 5. The summed E-state index contributed by atoms with van der Waals surface area (Å²) < 4.78 is 41.9. The lowest BCUT2D eigenvalue weighted by Crippen LogP contribution is -2.40. The van der Waals surface area contributed by atoms with Gasteiger partial charge in [0.2, 0.25) is 0 Å². The molecule has 0 aromatic carbocycles. The highest BCUT2D eigenvalue weighted by atomic mass is 19.1. The normalized spacial score (nSPS) is 23.5. The van der Waals surface area contributed by atoms with Crippen molar-refractivity contribution in [2.24, 2.45) is 0 Å². The Morgan fingerprint density at radius 2 is 1.66 bits per heavy atom. The molecule has 1 aromatic rings. The molecule has 12 heteroatoms. The van der Waals surface area contributed by atoms with Crippen LogP contribution in [0.4, 0.5) is 14.0 Å². The van der Waals surface area contributed by atoms with Crippen LogP contribution >= 0.6 is 0 Å². The van der Waals surface area contributed by atoms with Gasteiger partial charge in [-0.15, -0.1) is 0 Å². The molecule has 1 N–H and O–H groups in total. The molecule has 0 saturated carbocycles. The zero-order valence-corrected chi connectivity index (χ0v) is 19.1. The molecule has 11 nitrogen and oxygen atoms in total. The van der Waals surface area contributed by atoms with Crippen molar-refractivity contribution in [1.29, 1.82) is 0 Å². The van der Waals surface area contributed by atoms with Crippen molar-refractivity contribution in [3.8, 4) is 0 Å². The molecule has 32 heavy (non-hydrogen) atoms. The number of halogens is 1. The number of H-pyrrole nitrogens is 1. The predicted octanol–water partition coefficient (Wildman–Crippen LogP) is 2.35. The van der Waals surface area contributed by atoms with Crippen LogP contribution in [-0.2, 0) is 23.7 Å². The van der Waals surface area contributed by atoms with Gasteiger partial charge in [0.1, 0.15) is 23.9 Å². The first-order valence-corrected chi connectivity index (χ1v) is 9.94. The van der Waals surface area contributed by atoms with Gasteiger partial charge in [-0.1, -0.05) is 0 Å². The molecule has 1 aliphatic rings. The monoisotopic (exact) mass is 460 g/mol. The summed E-state index contributed by atoms with van der Waals surface area (Å²) in [6, 6.07) is 0. The van der Waals surface area contributed by atoms with Gasteiger partial charge in [-0.3, -0.25) is 14.3 Å². The van der Waals surface area contributed by atoms with E-state index in [1.807, 2.05) is 4.98 Å². The van der Waals surface area contributed by atoms with Crippen molar-refractivity contribution in [1.82, 2.24) is 9.55 Å². The molecule has 0 bridgehead atoms. The zero-order chi connectivity index (χ0) is 24.4. The summed E-state index contributed by atoms with van der Waals surface area (Å²) in [5, 5.41) is 0.